The van der Waals surface area contributed by atoms with E-state index >= 15 is 0 Å². The van der Waals surface area contributed by atoms with E-state index in [1.807, 2.05) is 18.2 Å². The van der Waals surface area contributed by atoms with E-state index in [0.717, 1.165) is 32.7 Å². The number of quaternary nitrogens is 2. The topological polar surface area (TPSA) is 55.5 Å². The summed E-state index contributed by atoms with van der Waals surface area (Å²) in [6.07, 6.45) is 0.278. The molecule has 2 amide bonds. The van der Waals surface area contributed by atoms with Crippen LogP contribution in [0.15, 0.2) is 54.6 Å². The molecule has 2 saturated heterocycles. The lowest BCUT2D eigenvalue weighted by Crippen LogP contribution is -3.29. The van der Waals surface area contributed by atoms with Gasteiger partial charge in [0.1, 0.15) is 38.5 Å². The molecule has 2 aromatic rings. The fourth-order valence-corrected chi connectivity index (χ4v) is 4.35. The largest absolute Gasteiger partial charge is 0.495 e. The van der Waals surface area contributed by atoms with Gasteiger partial charge in [0, 0.05) is 5.56 Å². The molecule has 1 atom stereocenters. The predicted octanol–water partition coefficient (Wildman–Crippen LogP) is -0.689. The summed E-state index contributed by atoms with van der Waals surface area (Å²) in [5.41, 5.74) is 1.89. The minimum absolute atomic E-state index is 0.101. The SMILES string of the molecule is COc1ccccc1N1C(=O)C[C@H]([NH+]2CC[NH+](Cc3ccccc3)CC2)C1=O. The molecule has 2 fully saturated rings. The second kappa shape index (κ2) is 8.12. The van der Waals surface area contributed by atoms with Crippen LogP contribution in [0, 0.1) is 0 Å². The zero-order valence-corrected chi connectivity index (χ0v) is 16.2. The first-order valence-corrected chi connectivity index (χ1v) is 9.89. The Hall–Kier alpha value is -2.70. The van der Waals surface area contributed by atoms with Crippen molar-refractivity contribution in [3.05, 3.63) is 60.2 Å². The van der Waals surface area contributed by atoms with Crippen molar-refractivity contribution >= 4 is 17.5 Å². The van der Waals surface area contributed by atoms with Gasteiger partial charge in [-0.1, -0.05) is 42.5 Å². The Kier molecular flexibility index (Phi) is 5.41. The number of hydrogen-bond acceptors (Lipinski definition) is 3. The molecule has 2 N–H and O–H groups in total. The minimum atomic E-state index is -0.282. The van der Waals surface area contributed by atoms with Gasteiger partial charge in [-0.05, 0) is 12.1 Å². The highest BCUT2D eigenvalue weighted by Gasteiger charge is 2.47. The van der Waals surface area contributed by atoms with Crippen LogP contribution in [0.25, 0.3) is 0 Å². The Labute approximate surface area is 165 Å². The summed E-state index contributed by atoms with van der Waals surface area (Å²) in [5.74, 6) is 0.319. The lowest BCUT2D eigenvalue weighted by Gasteiger charge is -2.32. The third kappa shape index (κ3) is 3.66. The molecule has 0 saturated carbocycles. The molecule has 0 bridgehead atoms. The number of methoxy groups -OCH3 is 1. The average molecular weight is 381 g/mol. The summed E-state index contributed by atoms with van der Waals surface area (Å²) in [5, 5.41) is 0. The molecule has 0 spiro atoms. The first-order chi connectivity index (χ1) is 13.7. The third-order valence-corrected chi connectivity index (χ3v) is 5.86. The molecule has 6 nitrogen and oxygen atoms in total. The predicted molar refractivity (Wildman–Crippen MR) is 105 cm³/mol. The average Bonchev–Trinajstić information content (AvgIpc) is 3.03. The molecular formula is C22H27N3O3+2. The number of hydrogen-bond donors (Lipinski definition) is 2. The van der Waals surface area contributed by atoms with E-state index in [0.29, 0.717) is 11.4 Å². The molecule has 6 heteroatoms. The van der Waals surface area contributed by atoms with Gasteiger partial charge in [0.25, 0.3) is 5.91 Å². The highest BCUT2D eigenvalue weighted by molar-refractivity contribution is 6.22. The van der Waals surface area contributed by atoms with Crippen molar-refractivity contribution < 1.29 is 24.1 Å². The summed E-state index contributed by atoms with van der Waals surface area (Å²) >= 11 is 0. The maximum absolute atomic E-state index is 13.1. The van der Waals surface area contributed by atoms with E-state index in [2.05, 4.69) is 24.3 Å². The van der Waals surface area contributed by atoms with Crippen LogP contribution in [0.5, 0.6) is 5.75 Å². The first-order valence-electron chi connectivity index (χ1n) is 9.89. The van der Waals surface area contributed by atoms with Crippen LogP contribution in [0.1, 0.15) is 12.0 Å². The monoisotopic (exact) mass is 381 g/mol. The number of imide groups is 1. The maximum Gasteiger partial charge on any atom is 0.292 e. The van der Waals surface area contributed by atoms with Crippen LogP contribution in [0.2, 0.25) is 0 Å². The lowest BCUT2D eigenvalue weighted by atomic mass is 10.1. The Morgan fingerprint density at radius 1 is 0.964 bits per heavy atom. The van der Waals surface area contributed by atoms with Crippen LogP contribution in [0.4, 0.5) is 5.69 Å². The molecule has 146 valence electrons. The van der Waals surface area contributed by atoms with E-state index in [1.165, 1.54) is 20.3 Å². The molecule has 0 aromatic heterocycles. The van der Waals surface area contributed by atoms with E-state index in [-0.39, 0.29) is 24.3 Å². The number of nitrogens with one attached hydrogen (secondary N) is 2. The number of carbonyl (C=O) groups is 2. The Bertz CT molecular complexity index is 847. The quantitative estimate of drug-likeness (QED) is 0.675. The van der Waals surface area contributed by atoms with Gasteiger partial charge < -0.3 is 14.5 Å². The number of ether oxygens (including phenoxy) is 1. The van der Waals surface area contributed by atoms with Crippen molar-refractivity contribution in [1.29, 1.82) is 0 Å². The molecule has 4 rings (SSSR count). The third-order valence-electron chi connectivity index (χ3n) is 5.86. The number of piperazine rings is 1. The van der Waals surface area contributed by atoms with Gasteiger partial charge in [0.15, 0.2) is 6.04 Å². The highest BCUT2D eigenvalue weighted by atomic mass is 16.5. The normalized spacial score (nSPS) is 25.2. The van der Waals surface area contributed by atoms with E-state index in [1.54, 1.807) is 19.2 Å². The highest BCUT2D eigenvalue weighted by Crippen LogP contribution is 2.31. The number of nitrogens with zero attached hydrogens (tertiary/aromatic N) is 1. The molecular weight excluding hydrogens is 354 g/mol. The number of para-hydroxylation sites is 2. The smallest absolute Gasteiger partial charge is 0.292 e. The summed E-state index contributed by atoms with van der Waals surface area (Å²) in [7, 11) is 1.56. The zero-order valence-electron chi connectivity index (χ0n) is 16.2. The summed E-state index contributed by atoms with van der Waals surface area (Å²) in [4.78, 5) is 29.8. The molecule has 2 heterocycles. The van der Waals surface area contributed by atoms with Crippen LogP contribution in [-0.4, -0.2) is 51.1 Å². The van der Waals surface area contributed by atoms with Crippen LogP contribution in [0.3, 0.4) is 0 Å². The number of rotatable bonds is 5. The molecule has 2 aliphatic heterocycles. The van der Waals surface area contributed by atoms with Crippen molar-refractivity contribution in [3.8, 4) is 5.75 Å². The van der Waals surface area contributed by atoms with Gasteiger partial charge in [-0.3, -0.25) is 9.59 Å². The van der Waals surface area contributed by atoms with Crippen LogP contribution < -0.4 is 19.4 Å². The maximum atomic E-state index is 13.1. The van der Waals surface area contributed by atoms with Crippen LogP contribution in [-0.2, 0) is 16.1 Å². The molecule has 2 aromatic carbocycles. The first kappa shape index (κ1) is 18.7. The Balaban J connectivity index is 1.41. The Morgan fingerprint density at radius 2 is 1.64 bits per heavy atom. The molecule has 2 aliphatic rings. The number of amides is 2. The van der Waals surface area contributed by atoms with E-state index < -0.39 is 0 Å². The second-order valence-electron chi connectivity index (χ2n) is 7.57. The number of carbonyl (C=O) groups excluding carboxylic acids is 2. The summed E-state index contributed by atoms with van der Waals surface area (Å²) in [6.45, 7) is 4.85. The van der Waals surface area contributed by atoms with Crippen molar-refractivity contribution in [2.45, 2.75) is 19.0 Å². The Morgan fingerprint density at radius 3 is 2.36 bits per heavy atom. The summed E-state index contributed by atoms with van der Waals surface area (Å²) < 4.78 is 5.35. The standard InChI is InChI=1S/C22H25N3O3/c1-28-20-10-6-5-9-18(20)25-21(26)15-19(22(25)27)24-13-11-23(12-14-24)16-17-7-3-2-4-8-17/h2-10,19H,11-16H2,1H3/p+2/t19-/m0/s1. The molecule has 0 unspecified atom stereocenters. The fourth-order valence-electron chi connectivity index (χ4n) is 4.35. The fraction of sp³-hybridized carbons (Fsp3) is 0.364. The molecule has 0 radical (unpaired) electrons. The van der Waals surface area contributed by atoms with Crippen molar-refractivity contribution in [2.75, 3.05) is 38.2 Å². The molecule has 0 aliphatic carbocycles. The van der Waals surface area contributed by atoms with Gasteiger partial charge in [0.05, 0.1) is 19.2 Å². The van der Waals surface area contributed by atoms with Gasteiger partial charge in [-0.25, -0.2) is 4.90 Å². The second-order valence-corrected chi connectivity index (χ2v) is 7.57. The van der Waals surface area contributed by atoms with E-state index in [4.69, 9.17) is 4.74 Å². The van der Waals surface area contributed by atoms with Crippen LogP contribution >= 0.6 is 0 Å². The molecule has 28 heavy (non-hydrogen) atoms. The van der Waals surface area contributed by atoms with Gasteiger partial charge >= 0.3 is 0 Å². The van der Waals surface area contributed by atoms with Gasteiger partial charge in [0.2, 0.25) is 5.91 Å². The number of benzene rings is 2. The number of anilines is 1. The van der Waals surface area contributed by atoms with Gasteiger partial charge in [-0.2, -0.15) is 0 Å². The van der Waals surface area contributed by atoms with Gasteiger partial charge in [-0.15, -0.1) is 0 Å². The lowest BCUT2D eigenvalue weighted by molar-refractivity contribution is -1.02. The van der Waals surface area contributed by atoms with Crippen molar-refractivity contribution in [3.63, 3.8) is 0 Å². The summed E-state index contributed by atoms with van der Waals surface area (Å²) in [6, 6.07) is 17.4. The zero-order chi connectivity index (χ0) is 19.5. The minimum Gasteiger partial charge on any atom is -0.495 e. The van der Waals surface area contributed by atoms with Crippen molar-refractivity contribution in [2.24, 2.45) is 0 Å². The van der Waals surface area contributed by atoms with E-state index in [9.17, 15) is 9.59 Å². The van der Waals surface area contributed by atoms with Crippen molar-refractivity contribution in [1.82, 2.24) is 0 Å².